The van der Waals surface area contributed by atoms with E-state index >= 15 is 0 Å². The maximum absolute atomic E-state index is 4.75. The van der Waals surface area contributed by atoms with Crippen LogP contribution in [0.15, 0.2) is 42.7 Å². The van der Waals surface area contributed by atoms with E-state index < -0.39 is 0 Å². The number of hydrogen-bond acceptors (Lipinski definition) is 2. The molecule has 2 heterocycles. The molecule has 3 heteroatoms. The van der Waals surface area contributed by atoms with Gasteiger partial charge in [-0.1, -0.05) is 60.6 Å². The molecule has 0 fully saturated rings. The molecular formula is C21H31N3. The molecule has 0 bridgehead atoms. The number of pyridine rings is 1. The monoisotopic (exact) mass is 325 g/mol. The van der Waals surface area contributed by atoms with Gasteiger partial charge in [0, 0.05) is 23.2 Å². The summed E-state index contributed by atoms with van der Waals surface area (Å²) in [4.78, 5) is 4.40. The van der Waals surface area contributed by atoms with Gasteiger partial charge < -0.3 is 0 Å². The predicted molar refractivity (Wildman–Crippen MR) is 105 cm³/mol. The third kappa shape index (κ3) is 4.44. The molecule has 0 radical (unpaired) electrons. The molecule has 0 aliphatic carbocycles. The normalized spacial score (nSPS) is 10.5. The Balaban J connectivity index is 0.000000671. The second-order valence-electron chi connectivity index (χ2n) is 6.24. The van der Waals surface area contributed by atoms with Crippen molar-refractivity contribution in [3.05, 3.63) is 54.0 Å². The van der Waals surface area contributed by atoms with Crippen LogP contribution >= 0.6 is 0 Å². The largest absolute Gasteiger partial charge is 0.256 e. The van der Waals surface area contributed by atoms with Gasteiger partial charge in [0.1, 0.15) is 0 Å². The average Bonchev–Trinajstić information content (AvgIpc) is 3.00. The van der Waals surface area contributed by atoms with E-state index in [4.69, 9.17) is 5.10 Å². The van der Waals surface area contributed by atoms with Crippen molar-refractivity contribution in [2.45, 2.75) is 60.8 Å². The third-order valence-electron chi connectivity index (χ3n) is 3.46. The molecule has 0 unspecified atom stereocenters. The van der Waals surface area contributed by atoms with E-state index in [9.17, 15) is 0 Å². The molecule has 0 spiro atoms. The highest BCUT2D eigenvalue weighted by Gasteiger charge is 2.20. The summed E-state index contributed by atoms with van der Waals surface area (Å²) in [5.41, 5.74) is 4.47. The van der Waals surface area contributed by atoms with Crippen LogP contribution in [-0.2, 0) is 5.41 Å². The highest BCUT2D eigenvalue weighted by molar-refractivity contribution is 5.80. The molecule has 2 aromatic heterocycles. The lowest BCUT2D eigenvalue weighted by Crippen LogP contribution is -2.14. The van der Waals surface area contributed by atoms with Crippen molar-refractivity contribution in [2.24, 2.45) is 0 Å². The highest BCUT2D eigenvalue weighted by atomic mass is 15.3. The number of aromatic nitrogens is 3. The van der Waals surface area contributed by atoms with E-state index in [2.05, 4.69) is 63.1 Å². The van der Waals surface area contributed by atoms with Crippen LogP contribution in [0.1, 0.15) is 59.7 Å². The van der Waals surface area contributed by atoms with Crippen LogP contribution in [0.3, 0.4) is 0 Å². The minimum absolute atomic E-state index is 0.0600. The van der Waals surface area contributed by atoms with Crippen LogP contribution in [0, 0.1) is 6.92 Å². The Morgan fingerprint density at radius 1 is 0.958 bits per heavy atom. The molecule has 0 amide bonds. The topological polar surface area (TPSA) is 30.7 Å². The van der Waals surface area contributed by atoms with Crippen molar-refractivity contribution in [1.82, 2.24) is 14.8 Å². The molecule has 1 aromatic carbocycles. The first-order chi connectivity index (χ1) is 11.4. The summed E-state index contributed by atoms with van der Waals surface area (Å²) in [5.74, 6) is 0. The van der Waals surface area contributed by atoms with Gasteiger partial charge in [0.25, 0.3) is 0 Å². The fraction of sp³-hybridized carbons (Fsp3) is 0.429. The molecule has 0 N–H and O–H groups in total. The Bertz CT molecular complexity index is 764. The van der Waals surface area contributed by atoms with Gasteiger partial charge in [-0.25, -0.2) is 4.68 Å². The highest BCUT2D eigenvalue weighted by Crippen LogP contribution is 2.25. The number of aryl methyl sites for hydroxylation is 1. The summed E-state index contributed by atoms with van der Waals surface area (Å²) in [6.45, 7) is 16.7. The number of benzene rings is 1. The molecular weight excluding hydrogens is 294 g/mol. The van der Waals surface area contributed by atoms with Crippen LogP contribution in [-0.4, -0.2) is 14.8 Å². The zero-order valence-electron chi connectivity index (χ0n) is 16.4. The van der Waals surface area contributed by atoms with Gasteiger partial charge in [0.2, 0.25) is 0 Å². The smallest absolute Gasteiger partial charge is 0.0723 e. The van der Waals surface area contributed by atoms with Gasteiger partial charge in [-0.2, -0.15) is 5.10 Å². The minimum Gasteiger partial charge on any atom is -0.256 e. The molecule has 0 saturated carbocycles. The molecule has 0 atom stereocenters. The fourth-order valence-electron chi connectivity index (χ4n) is 2.53. The van der Waals surface area contributed by atoms with Crippen molar-refractivity contribution >= 4 is 10.9 Å². The number of nitrogens with zero attached hydrogens (tertiary/aromatic N) is 3. The summed E-state index contributed by atoms with van der Waals surface area (Å²) in [7, 11) is 0. The van der Waals surface area contributed by atoms with Crippen LogP contribution in [0.25, 0.3) is 16.6 Å². The van der Waals surface area contributed by atoms with Gasteiger partial charge in [-0.3, -0.25) is 4.98 Å². The lowest BCUT2D eigenvalue weighted by Gasteiger charge is -2.16. The van der Waals surface area contributed by atoms with Crippen molar-refractivity contribution in [3.8, 4) is 5.69 Å². The van der Waals surface area contributed by atoms with E-state index in [1.165, 1.54) is 5.56 Å². The molecule has 3 rings (SSSR count). The molecule has 130 valence electrons. The second kappa shape index (κ2) is 8.62. The second-order valence-corrected chi connectivity index (χ2v) is 6.24. The predicted octanol–water partition coefficient (Wildman–Crippen LogP) is 6.08. The lowest BCUT2D eigenvalue weighted by atomic mass is 9.90. The fourth-order valence-corrected chi connectivity index (χ4v) is 2.53. The summed E-state index contributed by atoms with van der Waals surface area (Å²) in [6, 6.07) is 10.3. The maximum atomic E-state index is 4.75. The van der Waals surface area contributed by atoms with Gasteiger partial charge in [-0.15, -0.1) is 0 Å². The SMILES string of the molecule is CC.CC.Cc1cn(-c2ccc3cccnc3c2)nc1C(C)(C)C. The first-order valence-corrected chi connectivity index (χ1v) is 8.87. The lowest BCUT2D eigenvalue weighted by molar-refractivity contribution is 0.557. The number of rotatable bonds is 1. The minimum atomic E-state index is 0.0600. The van der Waals surface area contributed by atoms with E-state index in [1.807, 2.05) is 44.6 Å². The quantitative estimate of drug-likeness (QED) is 0.543. The Morgan fingerprint density at radius 3 is 2.21 bits per heavy atom. The van der Waals surface area contributed by atoms with E-state index in [1.54, 1.807) is 0 Å². The first kappa shape index (κ1) is 19.9. The van der Waals surface area contributed by atoms with Gasteiger partial charge >= 0.3 is 0 Å². The van der Waals surface area contributed by atoms with Crippen LogP contribution in [0.5, 0.6) is 0 Å². The standard InChI is InChI=1S/C17H19N3.2C2H6/c1-12-11-20(19-16(12)17(2,3)4)14-8-7-13-6-5-9-18-15(13)10-14;2*1-2/h5-11H,1-4H3;2*1-2H3. The summed E-state index contributed by atoms with van der Waals surface area (Å²) in [5, 5.41) is 5.90. The maximum Gasteiger partial charge on any atom is 0.0723 e. The molecule has 0 saturated heterocycles. The van der Waals surface area contributed by atoms with Crippen molar-refractivity contribution < 1.29 is 0 Å². The Labute approximate surface area is 146 Å². The molecule has 3 nitrogen and oxygen atoms in total. The average molecular weight is 326 g/mol. The van der Waals surface area contributed by atoms with Crippen LogP contribution in [0.2, 0.25) is 0 Å². The van der Waals surface area contributed by atoms with Gasteiger partial charge in [0.15, 0.2) is 0 Å². The van der Waals surface area contributed by atoms with Crippen LogP contribution in [0.4, 0.5) is 0 Å². The molecule has 3 aromatic rings. The number of hydrogen-bond donors (Lipinski definition) is 0. The van der Waals surface area contributed by atoms with E-state index in [0.717, 1.165) is 22.3 Å². The zero-order valence-corrected chi connectivity index (χ0v) is 16.4. The molecule has 24 heavy (non-hydrogen) atoms. The number of fused-ring (bicyclic) bond motifs is 1. The van der Waals surface area contributed by atoms with Crippen molar-refractivity contribution in [1.29, 1.82) is 0 Å². The summed E-state index contributed by atoms with van der Waals surface area (Å²) in [6.07, 6.45) is 3.91. The Morgan fingerprint density at radius 2 is 1.62 bits per heavy atom. The Kier molecular flexibility index (Phi) is 7.15. The molecule has 0 aliphatic heterocycles. The molecule has 0 aliphatic rings. The van der Waals surface area contributed by atoms with Gasteiger partial charge in [-0.05, 0) is 30.7 Å². The summed E-state index contributed by atoms with van der Waals surface area (Å²) >= 11 is 0. The van der Waals surface area contributed by atoms with Crippen LogP contribution < -0.4 is 0 Å². The summed E-state index contributed by atoms with van der Waals surface area (Å²) < 4.78 is 1.95. The van der Waals surface area contributed by atoms with Crippen molar-refractivity contribution in [3.63, 3.8) is 0 Å². The Hall–Kier alpha value is -2.16. The third-order valence-corrected chi connectivity index (χ3v) is 3.46. The zero-order chi connectivity index (χ0) is 18.3. The van der Waals surface area contributed by atoms with Crippen molar-refractivity contribution in [2.75, 3.05) is 0 Å². The van der Waals surface area contributed by atoms with E-state index in [-0.39, 0.29) is 5.41 Å². The van der Waals surface area contributed by atoms with Gasteiger partial charge in [0.05, 0.1) is 16.9 Å². The van der Waals surface area contributed by atoms with E-state index in [0.29, 0.717) is 0 Å². The first-order valence-electron chi connectivity index (χ1n) is 8.87.